The fourth-order valence-electron chi connectivity index (χ4n) is 3.53. The van der Waals surface area contributed by atoms with Gasteiger partial charge in [-0.3, -0.25) is 0 Å². The SMILES string of the molecule is COc1ccc(N2CC3C4C=CC(O4)C3C2)cc1. The van der Waals surface area contributed by atoms with E-state index in [-0.39, 0.29) is 0 Å². The van der Waals surface area contributed by atoms with Gasteiger partial charge in [0.2, 0.25) is 0 Å². The first-order chi connectivity index (χ1) is 8.85. The Balaban J connectivity index is 1.54. The topological polar surface area (TPSA) is 21.7 Å². The molecule has 2 fully saturated rings. The number of benzene rings is 1. The maximum absolute atomic E-state index is 5.90. The van der Waals surface area contributed by atoms with E-state index in [1.54, 1.807) is 7.11 Å². The molecule has 1 aromatic carbocycles. The number of hydrogen-bond acceptors (Lipinski definition) is 3. The monoisotopic (exact) mass is 243 g/mol. The van der Waals surface area contributed by atoms with E-state index in [2.05, 4.69) is 29.2 Å². The molecule has 2 saturated heterocycles. The molecule has 0 radical (unpaired) electrons. The Bertz CT molecular complexity index is 462. The number of nitrogens with zero attached hydrogens (tertiary/aromatic N) is 1. The smallest absolute Gasteiger partial charge is 0.119 e. The number of ether oxygens (including phenoxy) is 2. The highest BCUT2D eigenvalue weighted by Gasteiger charge is 2.50. The van der Waals surface area contributed by atoms with Crippen molar-refractivity contribution >= 4 is 5.69 Å². The molecule has 1 aromatic rings. The van der Waals surface area contributed by atoms with Crippen molar-refractivity contribution in [1.82, 2.24) is 0 Å². The Hall–Kier alpha value is -1.48. The molecule has 0 aliphatic carbocycles. The van der Waals surface area contributed by atoms with Crippen molar-refractivity contribution in [2.45, 2.75) is 12.2 Å². The zero-order valence-electron chi connectivity index (χ0n) is 10.5. The minimum absolute atomic E-state index is 0.364. The largest absolute Gasteiger partial charge is 0.497 e. The van der Waals surface area contributed by atoms with E-state index in [1.165, 1.54) is 5.69 Å². The van der Waals surface area contributed by atoms with Crippen LogP contribution in [0.15, 0.2) is 36.4 Å². The third-order valence-electron chi connectivity index (χ3n) is 4.50. The first-order valence-corrected chi connectivity index (χ1v) is 6.58. The molecule has 3 heteroatoms. The molecular weight excluding hydrogens is 226 g/mol. The van der Waals surface area contributed by atoms with Crippen molar-refractivity contribution in [3.05, 3.63) is 36.4 Å². The number of rotatable bonds is 2. The van der Waals surface area contributed by atoms with Gasteiger partial charge < -0.3 is 14.4 Å². The zero-order chi connectivity index (χ0) is 12.1. The summed E-state index contributed by atoms with van der Waals surface area (Å²) in [7, 11) is 1.70. The van der Waals surface area contributed by atoms with Crippen LogP contribution in [-0.2, 0) is 4.74 Å². The Morgan fingerprint density at radius 1 is 1.06 bits per heavy atom. The van der Waals surface area contributed by atoms with Crippen LogP contribution in [0.5, 0.6) is 5.75 Å². The van der Waals surface area contributed by atoms with Crippen LogP contribution in [0.25, 0.3) is 0 Å². The van der Waals surface area contributed by atoms with Crippen molar-refractivity contribution in [3.63, 3.8) is 0 Å². The summed E-state index contributed by atoms with van der Waals surface area (Å²) in [6, 6.07) is 8.37. The summed E-state index contributed by atoms with van der Waals surface area (Å²) in [5.41, 5.74) is 1.30. The van der Waals surface area contributed by atoms with E-state index in [0.29, 0.717) is 24.0 Å². The molecule has 3 aliphatic heterocycles. The highest BCUT2D eigenvalue weighted by molar-refractivity contribution is 5.51. The minimum Gasteiger partial charge on any atom is -0.497 e. The minimum atomic E-state index is 0.364. The van der Waals surface area contributed by atoms with E-state index < -0.39 is 0 Å². The molecule has 0 saturated carbocycles. The van der Waals surface area contributed by atoms with Crippen LogP contribution in [0.4, 0.5) is 5.69 Å². The van der Waals surface area contributed by atoms with Crippen LogP contribution < -0.4 is 9.64 Å². The molecule has 3 nitrogen and oxygen atoms in total. The average molecular weight is 243 g/mol. The van der Waals surface area contributed by atoms with E-state index in [9.17, 15) is 0 Å². The number of hydrogen-bond donors (Lipinski definition) is 0. The second-order valence-electron chi connectivity index (χ2n) is 5.38. The van der Waals surface area contributed by atoms with Crippen molar-refractivity contribution in [2.75, 3.05) is 25.1 Å². The van der Waals surface area contributed by atoms with Crippen LogP contribution in [0, 0.1) is 11.8 Å². The molecule has 4 unspecified atom stereocenters. The summed E-state index contributed by atoms with van der Waals surface area (Å²) >= 11 is 0. The highest BCUT2D eigenvalue weighted by atomic mass is 16.5. The molecular formula is C15H17NO2. The molecule has 94 valence electrons. The summed E-state index contributed by atoms with van der Waals surface area (Å²) < 4.78 is 11.1. The van der Waals surface area contributed by atoms with Crippen molar-refractivity contribution in [2.24, 2.45) is 11.8 Å². The Labute approximate surface area is 107 Å². The van der Waals surface area contributed by atoms with Gasteiger partial charge in [-0.15, -0.1) is 0 Å². The second-order valence-corrected chi connectivity index (χ2v) is 5.38. The number of methoxy groups -OCH3 is 1. The molecule has 4 atom stereocenters. The van der Waals surface area contributed by atoms with Gasteiger partial charge in [0.1, 0.15) is 5.75 Å². The van der Waals surface area contributed by atoms with E-state index in [4.69, 9.17) is 9.47 Å². The molecule has 4 rings (SSSR count). The summed E-state index contributed by atoms with van der Waals surface area (Å²) in [6.45, 7) is 2.23. The van der Waals surface area contributed by atoms with E-state index in [0.717, 1.165) is 18.8 Å². The Morgan fingerprint density at radius 3 is 2.22 bits per heavy atom. The van der Waals surface area contributed by atoms with Gasteiger partial charge in [0.25, 0.3) is 0 Å². The number of anilines is 1. The predicted molar refractivity (Wildman–Crippen MR) is 70.0 cm³/mol. The zero-order valence-corrected chi connectivity index (χ0v) is 10.5. The summed E-state index contributed by atoms with van der Waals surface area (Å²) in [4.78, 5) is 2.48. The van der Waals surface area contributed by atoms with Gasteiger partial charge >= 0.3 is 0 Å². The fourth-order valence-corrected chi connectivity index (χ4v) is 3.53. The van der Waals surface area contributed by atoms with Gasteiger partial charge in [-0.1, -0.05) is 12.2 Å². The molecule has 0 aromatic heterocycles. The third kappa shape index (κ3) is 1.40. The lowest BCUT2D eigenvalue weighted by molar-refractivity contribution is 0.100. The standard InChI is InChI=1S/C15H17NO2/c1-17-11-4-2-10(3-5-11)16-8-12-13(9-16)15-7-6-14(12)18-15/h2-7,12-15H,8-9H2,1H3. The first-order valence-electron chi connectivity index (χ1n) is 6.58. The highest BCUT2D eigenvalue weighted by Crippen LogP contribution is 2.44. The summed E-state index contributed by atoms with van der Waals surface area (Å²) in [6.07, 6.45) is 5.21. The van der Waals surface area contributed by atoms with Gasteiger partial charge in [-0.05, 0) is 24.3 Å². The average Bonchev–Trinajstić information content (AvgIpc) is 3.10. The normalized spacial score (nSPS) is 36.2. The van der Waals surface area contributed by atoms with Gasteiger partial charge in [0.05, 0.1) is 19.3 Å². The lowest BCUT2D eigenvalue weighted by atomic mass is 9.86. The molecule has 0 spiro atoms. The fraction of sp³-hybridized carbons (Fsp3) is 0.467. The Kier molecular flexibility index (Phi) is 2.18. The van der Waals surface area contributed by atoms with Gasteiger partial charge in [-0.2, -0.15) is 0 Å². The van der Waals surface area contributed by atoms with Crippen LogP contribution in [-0.4, -0.2) is 32.4 Å². The maximum atomic E-state index is 5.90. The van der Waals surface area contributed by atoms with Crippen LogP contribution in [0.2, 0.25) is 0 Å². The molecule has 18 heavy (non-hydrogen) atoms. The van der Waals surface area contributed by atoms with E-state index in [1.807, 2.05) is 12.1 Å². The van der Waals surface area contributed by atoms with E-state index >= 15 is 0 Å². The molecule has 2 bridgehead atoms. The second kappa shape index (κ2) is 3.75. The van der Waals surface area contributed by atoms with Crippen LogP contribution in [0.3, 0.4) is 0 Å². The van der Waals surface area contributed by atoms with Gasteiger partial charge in [0.15, 0.2) is 0 Å². The summed E-state index contributed by atoms with van der Waals surface area (Å²) in [5, 5.41) is 0. The summed E-state index contributed by atoms with van der Waals surface area (Å²) in [5.74, 6) is 2.28. The lowest BCUT2D eigenvalue weighted by Crippen LogP contribution is -2.24. The third-order valence-corrected chi connectivity index (χ3v) is 4.50. The molecule has 0 amide bonds. The molecule has 3 aliphatic rings. The molecule has 3 heterocycles. The van der Waals surface area contributed by atoms with Gasteiger partial charge in [-0.25, -0.2) is 0 Å². The van der Waals surface area contributed by atoms with Crippen molar-refractivity contribution < 1.29 is 9.47 Å². The van der Waals surface area contributed by atoms with Crippen molar-refractivity contribution in [3.8, 4) is 5.75 Å². The van der Waals surface area contributed by atoms with Gasteiger partial charge in [0, 0.05) is 30.6 Å². The Morgan fingerprint density at radius 2 is 1.67 bits per heavy atom. The molecule has 0 N–H and O–H groups in total. The van der Waals surface area contributed by atoms with Crippen LogP contribution >= 0.6 is 0 Å². The lowest BCUT2D eigenvalue weighted by Gasteiger charge is -2.21. The van der Waals surface area contributed by atoms with Crippen molar-refractivity contribution in [1.29, 1.82) is 0 Å². The van der Waals surface area contributed by atoms with Crippen LogP contribution in [0.1, 0.15) is 0 Å². The quantitative estimate of drug-likeness (QED) is 0.742. The predicted octanol–water partition coefficient (Wildman–Crippen LogP) is 2.08. The number of fused-ring (bicyclic) bond motifs is 5. The maximum Gasteiger partial charge on any atom is 0.119 e. The first kappa shape index (κ1) is 10.4.